The zero-order chi connectivity index (χ0) is 18.6. The van der Waals surface area contributed by atoms with Gasteiger partial charge in [0.05, 0.1) is 26.1 Å². The van der Waals surface area contributed by atoms with Crippen LogP contribution in [-0.2, 0) is 20.6 Å². The van der Waals surface area contributed by atoms with E-state index >= 15 is 0 Å². The van der Waals surface area contributed by atoms with E-state index in [1.807, 2.05) is 12.1 Å². The SMILES string of the molecule is I.c1coc(CCNC(=NCC2CCOC2)NCCCOCC2CCOC2)c1. The van der Waals surface area contributed by atoms with Gasteiger partial charge in [-0.25, -0.2) is 0 Å². The lowest BCUT2D eigenvalue weighted by Gasteiger charge is -2.14. The summed E-state index contributed by atoms with van der Waals surface area (Å²) >= 11 is 0. The molecule has 160 valence electrons. The second-order valence-corrected chi connectivity index (χ2v) is 7.26. The van der Waals surface area contributed by atoms with Crippen LogP contribution in [0.2, 0.25) is 0 Å². The van der Waals surface area contributed by atoms with Crippen molar-refractivity contribution in [3.05, 3.63) is 24.2 Å². The molecule has 0 bridgehead atoms. The summed E-state index contributed by atoms with van der Waals surface area (Å²) in [6.45, 7) is 7.41. The third-order valence-corrected chi connectivity index (χ3v) is 4.91. The van der Waals surface area contributed by atoms with Crippen molar-refractivity contribution in [3.8, 4) is 0 Å². The second kappa shape index (κ2) is 14.2. The number of hydrogen-bond donors (Lipinski definition) is 2. The van der Waals surface area contributed by atoms with Crippen LogP contribution in [-0.4, -0.2) is 65.2 Å². The molecular formula is C20H34IN3O4. The topological polar surface area (TPSA) is 77.3 Å². The van der Waals surface area contributed by atoms with Crippen molar-refractivity contribution in [2.45, 2.75) is 25.7 Å². The number of ether oxygens (including phenoxy) is 3. The number of hydrogen-bond acceptors (Lipinski definition) is 5. The minimum absolute atomic E-state index is 0. The van der Waals surface area contributed by atoms with Crippen molar-refractivity contribution in [2.24, 2.45) is 16.8 Å². The van der Waals surface area contributed by atoms with E-state index in [0.717, 1.165) is 96.7 Å². The maximum Gasteiger partial charge on any atom is 0.191 e. The highest BCUT2D eigenvalue weighted by atomic mass is 127. The highest BCUT2D eigenvalue weighted by Gasteiger charge is 2.16. The predicted octanol–water partition coefficient (Wildman–Crippen LogP) is 2.46. The molecule has 2 aliphatic rings. The Hall–Kier alpha value is -0.840. The first-order chi connectivity index (χ1) is 13.4. The fourth-order valence-corrected chi connectivity index (χ4v) is 3.23. The molecule has 0 radical (unpaired) electrons. The van der Waals surface area contributed by atoms with E-state index in [9.17, 15) is 0 Å². The first kappa shape index (κ1) is 23.4. The minimum atomic E-state index is 0. The Balaban J connectivity index is 0.00000280. The molecule has 3 heterocycles. The van der Waals surface area contributed by atoms with E-state index in [2.05, 4.69) is 10.6 Å². The maximum atomic E-state index is 5.76. The van der Waals surface area contributed by atoms with Crippen molar-refractivity contribution in [2.75, 3.05) is 59.3 Å². The number of nitrogens with one attached hydrogen (secondary N) is 2. The number of halogens is 1. The van der Waals surface area contributed by atoms with Gasteiger partial charge in [-0.05, 0) is 31.4 Å². The van der Waals surface area contributed by atoms with Crippen LogP contribution in [0.5, 0.6) is 0 Å². The lowest BCUT2D eigenvalue weighted by molar-refractivity contribution is 0.0888. The third kappa shape index (κ3) is 9.11. The lowest BCUT2D eigenvalue weighted by atomic mass is 10.1. The molecule has 2 saturated heterocycles. The molecule has 2 fully saturated rings. The summed E-state index contributed by atoms with van der Waals surface area (Å²) < 4.78 is 22.0. The Morgan fingerprint density at radius 3 is 2.61 bits per heavy atom. The van der Waals surface area contributed by atoms with Crippen LogP contribution in [0.1, 0.15) is 25.0 Å². The average molecular weight is 507 g/mol. The molecule has 0 amide bonds. The monoisotopic (exact) mass is 507 g/mol. The van der Waals surface area contributed by atoms with Crippen molar-refractivity contribution < 1.29 is 18.6 Å². The molecule has 1 aromatic rings. The molecule has 2 N–H and O–H groups in total. The summed E-state index contributed by atoms with van der Waals surface area (Å²) in [5.41, 5.74) is 0. The van der Waals surface area contributed by atoms with Crippen LogP contribution in [0.25, 0.3) is 0 Å². The van der Waals surface area contributed by atoms with Gasteiger partial charge in [0.2, 0.25) is 0 Å². The Labute approximate surface area is 185 Å². The first-order valence-electron chi connectivity index (χ1n) is 10.2. The number of aliphatic imine (C=N–C) groups is 1. The van der Waals surface area contributed by atoms with Gasteiger partial charge >= 0.3 is 0 Å². The normalized spacial score (nSPS) is 22.2. The Bertz CT molecular complexity index is 530. The van der Waals surface area contributed by atoms with Crippen molar-refractivity contribution in [1.82, 2.24) is 10.6 Å². The van der Waals surface area contributed by atoms with E-state index < -0.39 is 0 Å². The van der Waals surface area contributed by atoms with Gasteiger partial charge < -0.3 is 29.3 Å². The number of rotatable bonds is 11. The van der Waals surface area contributed by atoms with E-state index in [1.54, 1.807) is 6.26 Å². The molecule has 2 atom stereocenters. The Kier molecular flexibility index (Phi) is 11.9. The summed E-state index contributed by atoms with van der Waals surface area (Å²) in [5.74, 6) is 2.95. The van der Waals surface area contributed by atoms with Crippen molar-refractivity contribution >= 4 is 29.9 Å². The Morgan fingerprint density at radius 1 is 1.11 bits per heavy atom. The molecule has 0 spiro atoms. The zero-order valence-corrected chi connectivity index (χ0v) is 18.9. The van der Waals surface area contributed by atoms with Gasteiger partial charge in [0, 0.05) is 57.7 Å². The molecule has 2 unspecified atom stereocenters. The fourth-order valence-electron chi connectivity index (χ4n) is 3.23. The summed E-state index contributed by atoms with van der Waals surface area (Å²) in [4.78, 5) is 4.73. The maximum absolute atomic E-state index is 5.76. The van der Waals surface area contributed by atoms with Crippen LogP contribution in [0.15, 0.2) is 27.8 Å². The number of furan rings is 1. The van der Waals surface area contributed by atoms with E-state index in [1.165, 1.54) is 0 Å². The zero-order valence-electron chi connectivity index (χ0n) is 16.6. The molecule has 2 aliphatic heterocycles. The fraction of sp³-hybridized carbons (Fsp3) is 0.750. The lowest BCUT2D eigenvalue weighted by Crippen LogP contribution is -2.39. The second-order valence-electron chi connectivity index (χ2n) is 7.26. The molecule has 1 aromatic heterocycles. The van der Waals surface area contributed by atoms with Crippen LogP contribution >= 0.6 is 24.0 Å². The van der Waals surface area contributed by atoms with Crippen molar-refractivity contribution in [3.63, 3.8) is 0 Å². The number of nitrogens with zero attached hydrogens (tertiary/aromatic N) is 1. The summed E-state index contributed by atoms with van der Waals surface area (Å²) in [6.07, 6.45) is 5.73. The van der Waals surface area contributed by atoms with E-state index in [4.69, 9.17) is 23.6 Å². The molecule has 28 heavy (non-hydrogen) atoms. The first-order valence-corrected chi connectivity index (χ1v) is 10.2. The van der Waals surface area contributed by atoms with Crippen molar-refractivity contribution in [1.29, 1.82) is 0 Å². The third-order valence-electron chi connectivity index (χ3n) is 4.91. The van der Waals surface area contributed by atoms with Gasteiger partial charge in [-0.2, -0.15) is 0 Å². The number of guanidine groups is 1. The molecule has 3 rings (SSSR count). The molecular weight excluding hydrogens is 473 g/mol. The average Bonchev–Trinajstić information content (AvgIpc) is 3.45. The van der Waals surface area contributed by atoms with Gasteiger partial charge in [-0.1, -0.05) is 0 Å². The van der Waals surface area contributed by atoms with E-state index in [-0.39, 0.29) is 24.0 Å². The van der Waals surface area contributed by atoms with Crippen LogP contribution in [0.4, 0.5) is 0 Å². The van der Waals surface area contributed by atoms with Crippen LogP contribution in [0, 0.1) is 11.8 Å². The van der Waals surface area contributed by atoms with Gasteiger partial charge in [0.25, 0.3) is 0 Å². The highest BCUT2D eigenvalue weighted by Crippen LogP contribution is 2.13. The largest absolute Gasteiger partial charge is 0.469 e. The smallest absolute Gasteiger partial charge is 0.191 e. The van der Waals surface area contributed by atoms with Crippen LogP contribution in [0.3, 0.4) is 0 Å². The quantitative estimate of drug-likeness (QED) is 0.208. The van der Waals surface area contributed by atoms with Gasteiger partial charge in [0.15, 0.2) is 5.96 Å². The summed E-state index contributed by atoms with van der Waals surface area (Å²) in [7, 11) is 0. The van der Waals surface area contributed by atoms with E-state index in [0.29, 0.717) is 11.8 Å². The predicted molar refractivity (Wildman–Crippen MR) is 119 cm³/mol. The van der Waals surface area contributed by atoms with Gasteiger partial charge in [0.1, 0.15) is 5.76 Å². The molecule has 0 aromatic carbocycles. The Morgan fingerprint density at radius 2 is 1.89 bits per heavy atom. The molecule has 8 heteroatoms. The van der Waals surface area contributed by atoms with Gasteiger partial charge in [-0.3, -0.25) is 4.99 Å². The van der Waals surface area contributed by atoms with Gasteiger partial charge in [-0.15, -0.1) is 24.0 Å². The molecule has 0 saturated carbocycles. The van der Waals surface area contributed by atoms with Crippen LogP contribution < -0.4 is 10.6 Å². The minimum Gasteiger partial charge on any atom is -0.469 e. The standard InChI is InChI=1S/C20H33N3O4.HI/c1-3-19(27-10-1)4-8-22-20(23-13-17-5-11-25-14-17)21-7-2-9-24-15-18-6-12-26-16-18;/h1,3,10,17-18H,2,4-9,11-16H2,(H2,21,22,23);1H. The highest BCUT2D eigenvalue weighted by molar-refractivity contribution is 14.0. The summed E-state index contributed by atoms with van der Waals surface area (Å²) in [5, 5.41) is 6.81. The molecule has 0 aliphatic carbocycles. The molecule has 7 nitrogen and oxygen atoms in total. The summed E-state index contributed by atoms with van der Waals surface area (Å²) in [6, 6.07) is 3.91.